The standard InChI is InChI=1S/C13H12Br3NOS/c14-10-4-2-1-3-7(10)9(6-17)12(18)8-5-11(15)19-13(8)16/h1-5,9,12,18H,6,17H2. The first-order valence-corrected chi connectivity index (χ1v) is 8.81. The van der Waals surface area contributed by atoms with Gasteiger partial charge in [0, 0.05) is 22.5 Å². The lowest BCUT2D eigenvalue weighted by atomic mass is 9.90. The predicted molar refractivity (Wildman–Crippen MR) is 90.6 cm³/mol. The molecule has 0 radical (unpaired) electrons. The van der Waals surface area contributed by atoms with Crippen molar-refractivity contribution in [3.63, 3.8) is 0 Å². The van der Waals surface area contributed by atoms with Crippen molar-refractivity contribution in [2.45, 2.75) is 12.0 Å². The Hall–Kier alpha value is 0.280. The van der Waals surface area contributed by atoms with Gasteiger partial charge in [0.25, 0.3) is 0 Å². The topological polar surface area (TPSA) is 46.2 Å². The van der Waals surface area contributed by atoms with Gasteiger partial charge in [-0.15, -0.1) is 11.3 Å². The summed E-state index contributed by atoms with van der Waals surface area (Å²) in [7, 11) is 0. The van der Waals surface area contributed by atoms with Crippen molar-refractivity contribution in [1.29, 1.82) is 0 Å². The first-order chi connectivity index (χ1) is 9.04. The van der Waals surface area contributed by atoms with Crippen molar-refractivity contribution in [2.24, 2.45) is 5.73 Å². The van der Waals surface area contributed by atoms with Crippen LogP contribution in [0.4, 0.5) is 0 Å². The van der Waals surface area contributed by atoms with Gasteiger partial charge in [0.1, 0.15) is 0 Å². The summed E-state index contributed by atoms with van der Waals surface area (Å²) < 4.78 is 2.88. The second kappa shape index (κ2) is 6.83. The highest BCUT2D eigenvalue weighted by molar-refractivity contribution is 9.12. The monoisotopic (exact) mass is 467 g/mol. The van der Waals surface area contributed by atoms with E-state index in [-0.39, 0.29) is 5.92 Å². The Morgan fingerprint density at radius 1 is 1.16 bits per heavy atom. The summed E-state index contributed by atoms with van der Waals surface area (Å²) >= 11 is 12.0. The van der Waals surface area contributed by atoms with Gasteiger partial charge >= 0.3 is 0 Å². The van der Waals surface area contributed by atoms with Crippen LogP contribution in [0.5, 0.6) is 0 Å². The van der Waals surface area contributed by atoms with Crippen molar-refractivity contribution in [2.75, 3.05) is 6.54 Å². The number of halogens is 3. The molecule has 2 nitrogen and oxygen atoms in total. The molecule has 2 atom stereocenters. The number of rotatable bonds is 4. The summed E-state index contributed by atoms with van der Waals surface area (Å²) in [5.41, 5.74) is 7.75. The highest BCUT2D eigenvalue weighted by atomic mass is 79.9. The molecule has 0 saturated carbocycles. The van der Waals surface area contributed by atoms with E-state index in [0.29, 0.717) is 6.54 Å². The zero-order valence-corrected chi connectivity index (χ0v) is 15.4. The van der Waals surface area contributed by atoms with Crippen LogP contribution in [0, 0.1) is 0 Å². The zero-order valence-electron chi connectivity index (χ0n) is 9.82. The van der Waals surface area contributed by atoms with Gasteiger partial charge < -0.3 is 10.8 Å². The molecule has 0 saturated heterocycles. The normalized spacial score (nSPS) is 14.4. The maximum atomic E-state index is 10.6. The van der Waals surface area contributed by atoms with Crippen LogP contribution < -0.4 is 5.73 Å². The van der Waals surface area contributed by atoms with Crippen molar-refractivity contribution in [3.05, 3.63) is 53.5 Å². The van der Waals surface area contributed by atoms with E-state index in [1.807, 2.05) is 30.3 Å². The fraction of sp³-hybridized carbons (Fsp3) is 0.231. The molecule has 1 heterocycles. The quantitative estimate of drug-likeness (QED) is 0.674. The van der Waals surface area contributed by atoms with Gasteiger partial charge in [-0.05, 0) is 49.6 Å². The Labute approximate surface area is 141 Å². The van der Waals surface area contributed by atoms with Gasteiger partial charge in [-0.25, -0.2) is 0 Å². The molecule has 0 aliphatic carbocycles. The molecule has 0 bridgehead atoms. The molecule has 0 aliphatic rings. The van der Waals surface area contributed by atoms with Crippen molar-refractivity contribution < 1.29 is 5.11 Å². The zero-order chi connectivity index (χ0) is 14.0. The molecule has 2 aromatic rings. The molecule has 0 amide bonds. The van der Waals surface area contributed by atoms with Crippen LogP contribution in [0.15, 0.2) is 42.4 Å². The number of hydrogen-bond acceptors (Lipinski definition) is 3. The molecule has 19 heavy (non-hydrogen) atoms. The van der Waals surface area contributed by atoms with Crippen molar-refractivity contribution in [1.82, 2.24) is 0 Å². The molecule has 102 valence electrons. The molecular formula is C13H12Br3NOS. The van der Waals surface area contributed by atoms with Crippen molar-refractivity contribution in [3.8, 4) is 0 Å². The fourth-order valence-corrected chi connectivity index (χ4v) is 5.46. The van der Waals surface area contributed by atoms with Crippen LogP contribution in [0.3, 0.4) is 0 Å². The molecule has 0 spiro atoms. The Morgan fingerprint density at radius 2 is 1.84 bits per heavy atom. The van der Waals surface area contributed by atoms with Crippen molar-refractivity contribution >= 4 is 59.1 Å². The van der Waals surface area contributed by atoms with Crippen LogP contribution in [0.2, 0.25) is 0 Å². The third-order valence-electron chi connectivity index (χ3n) is 2.94. The molecule has 6 heteroatoms. The minimum atomic E-state index is -0.638. The summed E-state index contributed by atoms with van der Waals surface area (Å²) in [5.74, 6) is -0.145. The first kappa shape index (κ1) is 15.7. The van der Waals surface area contributed by atoms with Crippen LogP contribution in [0.1, 0.15) is 23.1 Å². The van der Waals surface area contributed by atoms with E-state index < -0.39 is 6.10 Å². The minimum absolute atomic E-state index is 0.145. The summed E-state index contributed by atoms with van der Waals surface area (Å²) in [6, 6.07) is 9.78. The van der Waals surface area contributed by atoms with Crippen LogP contribution >= 0.6 is 59.1 Å². The van der Waals surface area contributed by atoms with Crippen LogP contribution in [-0.2, 0) is 0 Å². The lowest BCUT2D eigenvalue weighted by Crippen LogP contribution is -2.20. The number of aliphatic hydroxyl groups is 1. The van der Waals surface area contributed by atoms with Gasteiger partial charge in [0.15, 0.2) is 0 Å². The maximum absolute atomic E-state index is 10.6. The third-order valence-corrected chi connectivity index (χ3v) is 6.05. The SMILES string of the molecule is NCC(c1ccccc1Br)C(O)c1cc(Br)sc1Br. The number of hydrogen-bond donors (Lipinski definition) is 2. The molecule has 1 aromatic carbocycles. The summed E-state index contributed by atoms with van der Waals surface area (Å²) in [5, 5.41) is 10.6. The van der Waals surface area contributed by atoms with E-state index in [9.17, 15) is 5.11 Å². The summed E-state index contributed by atoms with van der Waals surface area (Å²) in [4.78, 5) is 0. The van der Waals surface area contributed by atoms with E-state index in [0.717, 1.165) is 23.2 Å². The largest absolute Gasteiger partial charge is 0.388 e. The average molecular weight is 470 g/mol. The van der Waals surface area contributed by atoms with Crippen LogP contribution in [0.25, 0.3) is 0 Å². The molecule has 2 unspecified atom stereocenters. The number of nitrogens with two attached hydrogens (primary N) is 1. The molecule has 0 fully saturated rings. The minimum Gasteiger partial charge on any atom is -0.388 e. The number of thiophene rings is 1. The van der Waals surface area contributed by atoms with E-state index in [1.54, 1.807) is 11.3 Å². The second-order valence-electron chi connectivity index (χ2n) is 4.09. The smallest absolute Gasteiger partial charge is 0.0890 e. The number of aliphatic hydroxyl groups excluding tert-OH is 1. The lowest BCUT2D eigenvalue weighted by Gasteiger charge is -2.23. The van der Waals surface area contributed by atoms with Gasteiger partial charge in [0.2, 0.25) is 0 Å². The molecular weight excluding hydrogens is 458 g/mol. The Bertz CT molecular complexity index is 573. The lowest BCUT2D eigenvalue weighted by molar-refractivity contribution is 0.147. The van der Waals surface area contributed by atoms with E-state index in [4.69, 9.17) is 5.73 Å². The fourth-order valence-electron chi connectivity index (χ4n) is 1.97. The van der Waals surface area contributed by atoms with E-state index in [1.165, 1.54) is 0 Å². The first-order valence-electron chi connectivity index (χ1n) is 5.62. The maximum Gasteiger partial charge on any atom is 0.0890 e. The molecule has 2 rings (SSSR count). The number of benzene rings is 1. The summed E-state index contributed by atoms with van der Waals surface area (Å²) in [6.07, 6.45) is -0.638. The Kier molecular flexibility index (Phi) is 5.63. The predicted octanol–water partition coefficient (Wildman–Crippen LogP) is 4.81. The molecule has 0 aliphatic heterocycles. The van der Waals surface area contributed by atoms with Gasteiger partial charge in [-0.1, -0.05) is 34.1 Å². The van der Waals surface area contributed by atoms with E-state index in [2.05, 4.69) is 47.8 Å². The third kappa shape index (κ3) is 3.49. The van der Waals surface area contributed by atoms with Crippen LogP contribution in [-0.4, -0.2) is 11.7 Å². The highest BCUT2D eigenvalue weighted by Gasteiger charge is 2.26. The average Bonchev–Trinajstić information content (AvgIpc) is 2.71. The van der Waals surface area contributed by atoms with Gasteiger partial charge in [-0.3, -0.25) is 0 Å². The van der Waals surface area contributed by atoms with E-state index >= 15 is 0 Å². The highest BCUT2D eigenvalue weighted by Crippen LogP contribution is 2.41. The van der Waals surface area contributed by atoms with Gasteiger partial charge in [0.05, 0.1) is 13.7 Å². The Balaban J connectivity index is 2.37. The second-order valence-corrected chi connectivity index (χ2v) is 8.69. The van der Waals surface area contributed by atoms with Gasteiger partial charge in [-0.2, -0.15) is 0 Å². The molecule has 1 aromatic heterocycles. The summed E-state index contributed by atoms with van der Waals surface area (Å²) in [6.45, 7) is 0.379. The molecule has 3 N–H and O–H groups in total. The Morgan fingerprint density at radius 3 is 2.37 bits per heavy atom.